The van der Waals surface area contributed by atoms with Gasteiger partial charge < -0.3 is 5.32 Å². The maximum absolute atomic E-state index is 6.42. The second kappa shape index (κ2) is 6.07. The molecule has 1 aromatic rings. The molecular weight excluding hydrogens is 246 g/mol. The van der Waals surface area contributed by atoms with Gasteiger partial charge in [-0.3, -0.25) is 4.68 Å². The second-order valence-corrected chi connectivity index (χ2v) is 5.78. The van der Waals surface area contributed by atoms with E-state index in [9.17, 15) is 0 Å². The minimum atomic E-state index is 0.682. The molecule has 1 fully saturated rings. The fraction of sp³-hybridized carbons (Fsp3) is 0.786. The van der Waals surface area contributed by atoms with Gasteiger partial charge in [-0.2, -0.15) is 5.10 Å². The van der Waals surface area contributed by atoms with Crippen molar-refractivity contribution in [3.8, 4) is 0 Å². The van der Waals surface area contributed by atoms with E-state index in [0.717, 1.165) is 29.5 Å². The Hall–Kier alpha value is -0.540. The van der Waals surface area contributed by atoms with E-state index in [1.807, 2.05) is 11.7 Å². The van der Waals surface area contributed by atoms with Crippen LogP contribution in [0.5, 0.6) is 0 Å². The number of aryl methyl sites for hydroxylation is 2. The van der Waals surface area contributed by atoms with Crippen LogP contribution in [0.1, 0.15) is 44.0 Å². The van der Waals surface area contributed by atoms with Crippen molar-refractivity contribution in [3.05, 3.63) is 16.4 Å². The van der Waals surface area contributed by atoms with E-state index in [1.54, 1.807) is 0 Å². The summed E-state index contributed by atoms with van der Waals surface area (Å²) in [5.74, 6) is 0.744. The first-order valence-electron chi connectivity index (χ1n) is 7.03. The van der Waals surface area contributed by atoms with Gasteiger partial charge in [0.25, 0.3) is 0 Å². The highest BCUT2D eigenvalue weighted by Crippen LogP contribution is 2.30. The van der Waals surface area contributed by atoms with Gasteiger partial charge in [-0.15, -0.1) is 0 Å². The average molecular weight is 270 g/mol. The highest BCUT2D eigenvalue weighted by Gasteiger charge is 2.23. The van der Waals surface area contributed by atoms with Gasteiger partial charge in [0.1, 0.15) is 0 Å². The lowest BCUT2D eigenvalue weighted by atomic mass is 9.83. The number of nitrogens with zero attached hydrogens (tertiary/aromatic N) is 2. The highest BCUT2D eigenvalue weighted by atomic mass is 35.5. The molecule has 1 aromatic heterocycles. The summed E-state index contributed by atoms with van der Waals surface area (Å²) in [6.07, 6.45) is 7.20. The number of hydrogen-bond acceptors (Lipinski definition) is 2. The van der Waals surface area contributed by atoms with Gasteiger partial charge in [-0.25, -0.2) is 0 Å². The molecule has 2 atom stereocenters. The molecule has 1 heterocycles. The van der Waals surface area contributed by atoms with Crippen molar-refractivity contribution in [1.82, 2.24) is 15.1 Å². The zero-order chi connectivity index (χ0) is 13.1. The summed E-state index contributed by atoms with van der Waals surface area (Å²) in [7, 11) is 4.08. The first-order chi connectivity index (χ1) is 8.65. The van der Waals surface area contributed by atoms with Gasteiger partial charge in [0, 0.05) is 13.1 Å². The van der Waals surface area contributed by atoms with Crippen LogP contribution >= 0.6 is 11.6 Å². The van der Waals surface area contributed by atoms with Gasteiger partial charge >= 0.3 is 0 Å². The van der Waals surface area contributed by atoms with E-state index in [4.69, 9.17) is 11.6 Å². The zero-order valence-electron chi connectivity index (χ0n) is 11.7. The van der Waals surface area contributed by atoms with E-state index >= 15 is 0 Å². The molecule has 18 heavy (non-hydrogen) atoms. The van der Waals surface area contributed by atoms with Crippen LogP contribution < -0.4 is 5.32 Å². The molecular formula is C14H24ClN3. The summed E-state index contributed by atoms with van der Waals surface area (Å²) in [5.41, 5.74) is 2.26. The molecule has 0 amide bonds. The molecule has 0 aliphatic heterocycles. The Morgan fingerprint density at radius 3 is 2.83 bits per heavy atom. The largest absolute Gasteiger partial charge is 0.317 e. The Morgan fingerprint density at radius 2 is 2.22 bits per heavy atom. The molecule has 1 aliphatic rings. The molecule has 2 unspecified atom stereocenters. The first-order valence-corrected chi connectivity index (χ1v) is 7.41. The van der Waals surface area contributed by atoms with Crippen molar-refractivity contribution in [2.24, 2.45) is 13.0 Å². The Kier molecular flexibility index (Phi) is 4.68. The molecule has 3 nitrogen and oxygen atoms in total. The van der Waals surface area contributed by atoms with Crippen LogP contribution in [0.2, 0.25) is 5.02 Å². The third-order valence-electron chi connectivity index (χ3n) is 4.18. The molecule has 2 rings (SSSR count). The fourth-order valence-electron chi connectivity index (χ4n) is 3.05. The summed E-state index contributed by atoms with van der Waals surface area (Å²) < 4.78 is 1.98. The maximum Gasteiger partial charge on any atom is 0.0849 e. The number of hydrogen-bond donors (Lipinski definition) is 1. The monoisotopic (exact) mass is 269 g/mol. The number of halogens is 1. The van der Waals surface area contributed by atoms with Crippen molar-refractivity contribution in [1.29, 1.82) is 0 Å². The molecule has 0 spiro atoms. The molecule has 4 heteroatoms. The minimum Gasteiger partial charge on any atom is -0.317 e. The van der Waals surface area contributed by atoms with Crippen molar-refractivity contribution in [2.45, 2.75) is 51.5 Å². The summed E-state index contributed by atoms with van der Waals surface area (Å²) >= 11 is 6.42. The average Bonchev–Trinajstić information content (AvgIpc) is 2.66. The van der Waals surface area contributed by atoms with Crippen LogP contribution in [0.4, 0.5) is 0 Å². The number of rotatable bonds is 4. The summed E-state index contributed by atoms with van der Waals surface area (Å²) in [6, 6.07) is 0.682. The van der Waals surface area contributed by atoms with Crippen LogP contribution in [0.3, 0.4) is 0 Å². The highest BCUT2D eigenvalue weighted by molar-refractivity contribution is 6.31. The van der Waals surface area contributed by atoms with Gasteiger partial charge in [0.15, 0.2) is 0 Å². The van der Waals surface area contributed by atoms with Gasteiger partial charge in [0.05, 0.1) is 16.4 Å². The number of nitrogens with one attached hydrogen (secondary N) is 1. The Labute approximate surface area is 115 Å². The Balaban J connectivity index is 2.07. The lowest BCUT2D eigenvalue weighted by molar-refractivity contribution is 0.291. The predicted octanol–water partition coefficient (Wildman–Crippen LogP) is 2.96. The molecule has 1 N–H and O–H groups in total. The molecule has 1 saturated carbocycles. The van der Waals surface area contributed by atoms with Gasteiger partial charge in [0.2, 0.25) is 0 Å². The molecule has 0 bridgehead atoms. The molecule has 102 valence electrons. The van der Waals surface area contributed by atoms with E-state index < -0.39 is 0 Å². The van der Waals surface area contributed by atoms with Crippen molar-refractivity contribution in [3.63, 3.8) is 0 Å². The maximum atomic E-state index is 6.42. The van der Waals surface area contributed by atoms with Gasteiger partial charge in [-0.05, 0) is 45.1 Å². The topological polar surface area (TPSA) is 29.9 Å². The second-order valence-electron chi connectivity index (χ2n) is 5.41. The normalized spacial score (nSPS) is 24.4. The van der Waals surface area contributed by atoms with Crippen LogP contribution in [0.25, 0.3) is 0 Å². The van der Waals surface area contributed by atoms with Crippen LogP contribution in [-0.4, -0.2) is 22.9 Å². The minimum absolute atomic E-state index is 0.682. The molecule has 0 aromatic carbocycles. The Morgan fingerprint density at radius 1 is 1.44 bits per heavy atom. The van der Waals surface area contributed by atoms with E-state index in [-0.39, 0.29) is 0 Å². The van der Waals surface area contributed by atoms with E-state index in [0.29, 0.717) is 6.04 Å². The lowest BCUT2D eigenvalue weighted by Crippen LogP contribution is -2.32. The quantitative estimate of drug-likeness (QED) is 0.911. The zero-order valence-corrected chi connectivity index (χ0v) is 12.4. The van der Waals surface area contributed by atoms with Crippen molar-refractivity contribution in [2.75, 3.05) is 7.05 Å². The molecule has 0 radical (unpaired) electrons. The first kappa shape index (κ1) is 13.9. The fourth-order valence-corrected chi connectivity index (χ4v) is 3.42. The van der Waals surface area contributed by atoms with Gasteiger partial charge in [-0.1, -0.05) is 24.9 Å². The summed E-state index contributed by atoms with van der Waals surface area (Å²) in [5, 5.41) is 8.81. The number of aromatic nitrogens is 2. The SMILES string of the molecule is CCc1nn(C)c(CC2CCCC(NC)C2)c1Cl. The Bertz CT molecular complexity index is 400. The predicted molar refractivity (Wildman–Crippen MR) is 76.1 cm³/mol. The molecule has 0 saturated heterocycles. The van der Waals surface area contributed by atoms with Crippen LogP contribution in [-0.2, 0) is 19.9 Å². The third-order valence-corrected chi connectivity index (χ3v) is 4.61. The molecule has 1 aliphatic carbocycles. The van der Waals surface area contributed by atoms with E-state index in [1.165, 1.54) is 31.4 Å². The summed E-state index contributed by atoms with van der Waals surface area (Å²) in [4.78, 5) is 0. The standard InChI is InChI=1S/C14H24ClN3/c1-4-12-14(15)13(18(3)17-12)9-10-6-5-7-11(8-10)16-2/h10-11,16H,4-9H2,1-3H3. The smallest absolute Gasteiger partial charge is 0.0849 e. The third kappa shape index (κ3) is 2.89. The lowest BCUT2D eigenvalue weighted by Gasteiger charge is -2.28. The van der Waals surface area contributed by atoms with Crippen LogP contribution in [0, 0.1) is 5.92 Å². The van der Waals surface area contributed by atoms with E-state index in [2.05, 4.69) is 24.4 Å². The van der Waals surface area contributed by atoms with Crippen molar-refractivity contribution >= 4 is 11.6 Å². The van der Waals surface area contributed by atoms with Crippen molar-refractivity contribution < 1.29 is 0 Å². The van der Waals surface area contributed by atoms with Crippen LogP contribution in [0.15, 0.2) is 0 Å². The summed E-state index contributed by atoms with van der Waals surface area (Å²) in [6.45, 7) is 2.11.